The van der Waals surface area contributed by atoms with Gasteiger partial charge >= 0.3 is 18.0 Å². The Labute approximate surface area is 230 Å². The summed E-state index contributed by atoms with van der Waals surface area (Å²) in [6, 6.07) is 12.6. The van der Waals surface area contributed by atoms with Crippen LogP contribution in [0.4, 0.5) is 15.6 Å². The number of carbonyl (C=O) groups excluding carboxylic acids is 4. The van der Waals surface area contributed by atoms with Gasteiger partial charge in [-0.25, -0.2) is 14.6 Å². The van der Waals surface area contributed by atoms with Crippen molar-refractivity contribution in [2.45, 2.75) is 19.0 Å². The summed E-state index contributed by atoms with van der Waals surface area (Å²) >= 11 is 0.983. The summed E-state index contributed by atoms with van der Waals surface area (Å²) in [6.45, 7) is -0.334. The number of thiazole rings is 1. The second kappa shape index (κ2) is 14.0. The zero-order chi connectivity index (χ0) is 29.1. The number of hydrogen-bond donors (Lipinski definition) is 7. The Bertz CT molecular complexity index is 1410. The smallest absolute Gasteiger partial charge is 0.337 e. The second-order valence-corrected chi connectivity index (χ2v) is 8.93. The lowest BCUT2D eigenvalue weighted by molar-refractivity contribution is -0.139. The van der Waals surface area contributed by atoms with Crippen molar-refractivity contribution in [3.63, 3.8) is 0 Å². The number of aliphatic carboxylic acids is 1. The monoisotopic (exact) mass is 568 g/mol. The number of benzene rings is 2. The Morgan fingerprint density at radius 3 is 2.27 bits per heavy atom. The molecule has 0 saturated heterocycles. The van der Waals surface area contributed by atoms with Crippen LogP contribution in [-0.4, -0.2) is 63.5 Å². The van der Waals surface area contributed by atoms with Gasteiger partial charge in [0.25, 0.3) is 5.91 Å². The highest BCUT2D eigenvalue weighted by Gasteiger charge is 2.25. The van der Waals surface area contributed by atoms with E-state index in [1.54, 1.807) is 0 Å². The van der Waals surface area contributed by atoms with E-state index in [0.29, 0.717) is 0 Å². The fourth-order valence-electron chi connectivity index (χ4n) is 3.23. The van der Waals surface area contributed by atoms with Gasteiger partial charge in [-0.3, -0.25) is 24.5 Å². The highest BCUT2D eigenvalue weighted by molar-refractivity contribution is 7.14. The minimum atomic E-state index is -1.56. The van der Waals surface area contributed by atoms with Gasteiger partial charge in [-0.05, 0) is 17.7 Å². The van der Waals surface area contributed by atoms with Crippen LogP contribution in [0.1, 0.15) is 32.8 Å². The number of para-hydroxylation sites is 1. The van der Waals surface area contributed by atoms with Crippen LogP contribution in [-0.2, 0) is 20.9 Å². The predicted molar refractivity (Wildman–Crippen MR) is 143 cm³/mol. The fraction of sp³-hybridized carbons (Fsp3) is 0.160. The van der Waals surface area contributed by atoms with Crippen LogP contribution in [0.5, 0.6) is 0 Å². The van der Waals surface area contributed by atoms with Crippen LogP contribution in [0, 0.1) is 0 Å². The van der Waals surface area contributed by atoms with E-state index in [0.717, 1.165) is 16.9 Å². The van der Waals surface area contributed by atoms with Crippen LogP contribution in [0.25, 0.3) is 0 Å². The van der Waals surface area contributed by atoms with Crippen LogP contribution >= 0.6 is 11.3 Å². The van der Waals surface area contributed by atoms with Crippen molar-refractivity contribution in [1.29, 1.82) is 0 Å². The molecule has 7 N–H and O–H groups in total. The molecule has 0 radical (unpaired) electrons. The molecule has 208 valence electrons. The third-order valence-corrected chi connectivity index (χ3v) is 5.87. The van der Waals surface area contributed by atoms with Crippen molar-refractivity contribution in [2.75, 3.05) is 17.2 Å². The number of carboxylic acid groups (broad SMARTS) is 2. The summed E-state index contributed by atoms with van der Waals surface area (Å²) in [5.74, 6) is -5.30. The molecule has 40 heavy (non-hydrogen) atoms. The number of aromatic nitrogens is 1. The highest BCUT2D eigenvalue weighted by Crippen LogP contribution is 2.16. The van der Waals surface area contributed by atoms with Gasteiger partial charge in [-0.2, -0.15) is 0 Å². The number of nitrogens with one attached hydrogen (secondary N) is 5. The number of rotatable bonds is 12. The molecule has 3 aromatic rings. The normalized spacial score (nSPS) is 11.0. The molecule has 1 atom stereocenters. The van der Waals surface area contributed by atoms with Crippen LogP contribution < -0.4 is 26.6 Å². The maximum absolute atomic E-state index is 12.6. The SMILES string of the molecule is O=C(O)C[C@H](NC(=O)CNC(=O)c1csc(NC(=O)NCc2ccccc2)n1)C(=O)Nc1ccccc1C(=O)O. The van der Waals surface area contributed by atoms with Gasteiger partial charge in [0.05, 0.1) is 24.2 Å². The van der Waals surface area contributed by atoms with E-state index in [9.17, 15) is 33.9 Å². The summed E-state index contributed by atoms with van der Waals surface area (Å²) in [6.07, 6.45) is -0.797. The van der Waals surface area contributed by atoms with E-state index in [1.807, 2.05) is 30.3 Å². The van der Waals surface area contributed by atoms with Crippen LogP contribution in [0.3, 0.4) is 0 Å². The molecule has 15 heteroatoms. The van der Waals surface area contributed by atoms with Gasteiger partial charge in [0.2, 0.25) is 11.8 Å². The molecule has 0 spiro atoms. The first-order chi connectivity index (χ1) is 19.1. The minimum absolute atomic E-state index is 0.0822. The van der Waals surface area contributed by atoms with E-state index < -0.39 is 54.7 Å². The Morgan fingerprint density at radius 1 is 0.875 bits per heavy atom. The average Bonchev–Trinajstić information content (AvgIpc) is 3.39. The van der Waals surface area contributed by atoms with Gasteiger partial charge in [0, 0.05) is 11.9 Å². The molecule has 1 aromatic heterocycles. The van der Waals surface area contributed by atoms with Crippen molar-refractivity contribution < 1.29 is 39.0 Å². The molecule has 0 aliphatic heterocycles. The fourth-order valence-corrected chi connectivity index (χ4v) is 3.92. The first-order valence-corrected chi connectivity index (χ1v) is 12.5. The van der Waals surface area contributed by atoms with Crippen molar-refractivity contribution in [3.05, 3.63) is 76.8 Å². The van der Waals surface area contributed by atoms with Crippen molar-refractivity contribution in [2.24, 2.45) is 0 Å². The summed E-state index contributed by atoms with van der Waals surface area (Å²) in [7, 11) is 0. The lowest BCUT2D eigenvalue weighted by Crippen LogP contribution is -2.48. The van der Waals surface area contributed by atoms with Crippen LogP contribution in [0.15, 0.2) is 60.0 Å². The first kappa shape index (κ1) is 29.2. The van der Waals surface area contributed by atoms with Gasteiger partial charge in [0.1, 0.15) is 11.7 Å². The Hall–Kier alpha value is -5.31. The number of carboxylic acids is 2. The minimum Gasteiger partial charge on any atom is -0.481 e. The second-order valence-electron chi connectivity index (χ2n) is 8.07. The Kier molecular flexibility index (Phi) is 10.2. The number of amides is 5. The van der Waals surface area contributed by atoms with E-state index in [1.165, 1.54) is 29.6 Å². The molecular weight excluding hydrogens is 544 g/mol. The topological polar surface area (TPSA) is 216 Å². The Balaban J connectivity index is 1.51. The molecule has 3 rings (SSSR count). The number of aromatic carboxylic acids is 1. The molecular formula is C25H24N6O8S. The quantitative estimate of drug-likeness (QED) is 0.168. The van der Waals surface area contributed by atoms with Crippen molar-refractivity contribution in [3.8, 4) is 0 Å². The maximum atomic E-state index is 12.6. The molecule has 5 amide bonds. The van der Waals surface area contributed by atoms with Crippen LogP contribution in [0.2, 0.25) is 0 Å². The third kappa shape index (κ3) is 8.91. The number of nitrogens with zero attached hydrogens (tertiary/aromatic N) is 1. The standard InChI is InChI=1S/C25H24N6O8S/c32-19(28-17(10-20(33)34)22(36)29-16-9-5-4-8-15(16)23(37)38)12-26-21(35)18-13-40-25(30-18)31-24(39)27-11-14-6-2-1-3-7-14/h1-9,13,17H,10-12H2,(H,26,35)(H,28,32)(H,29,36)(H,33,34)(H,37,38)(H2,27,30,31,39)/t17-/m0/s1. The summed E-state index contributed by atoms with van der Waals surface area (Å²) in [4.78, 5) is 76.0. The number of anilines is 2. The molecule has 1 heterocycles. The lowest BCUT2D eigenvalue weighted by atomic mass is 10.1. The molecule has 0 bridgehead atoms. The van der Waals surface area contributed by atoms with E-state index in [2.05, 4.69) is 31.6 Å². The maximum Gasteiger partial charge on any atom is 0.337 e. The zero-order valence-corrected chi connectivity index (χ0v) is 21.5. The molecule has 2 aromatic carbocycles. The summed E-state index contributed by atoms with van der Waals surface area (Å²) in [5.41, 5.74) is 0.499. The van der Waals surface area contributed by atoms with E-state index >= 15 is 0 Å². The summed E-state index contributed by atoms with van der Waals surface area (Å²) < 4.78 is 0. The van der Waals surface area contributed by atoms with E-state index in [-0.39, 0.29) is 28.6 Å². The lowest BCUT2D eigenvalue weighted by Gasteiger charge is -2.17. The van der Waals surface area contributed by atoms with Gasteiger partial charge in [0.15, 0.2) is 5.13 Å². The molecule has 0 saturated carbocycles. The van der Waals surface area contributed by atoms with Gasteiger partial charge < -0.3 is 31.5 Å². The largest absolute Gasteiger partial charge is 0.481 e. The summed E-state index contributed by atoms with van der Waals surface area (Å²) in [5, 5.41) is 31.8. The van der Waals surface area contributed by atoms with Crippen molar-refractivity contribution >= 4 is 57.8 Å². The average molecular weight is 569 g/mol. The molecule has 0 unspecified atom stereocenters. The van der Waals surface area contributed by atoms with Crippen molar-refractivity contribution in [1.82, 2.24) is 20.9 Å². The number of hydrogen-bond acceptors (Lipinski definition) is 8. The Morgan fingerprint density at radius 2 is 1.57 bits per heavy atom. The first-order valence-electron chi connectivity index (χ1n) is 11.6. The van der Waals surface area contributed by atoms with Gasteiger partial charge in [-0.15, -0.1) is 11.3 Å². The zero-order valence-electron chi connectivity index (χ0n) is 20.7. The number of urea groups is 1. The molecule has 0 fully saturated rings. The molecule has 0 aliphatic carbocycles. The third-order valence-electron chi connectivity index (χ3n) is 5.11. The predicted octanol–water partition coefficient (Wildman–Crippen LogP) is 1.49. The highest BCUT2D eigenvalue weighted by atomic mass is 32.1. The molecule has 0 aliphatic rings. The number of carbonyl (C=O) groups is 6. The van der Waals surface area contributed by atoms with Gasteiger partial charge in [-0.1, -0.05) is 42.5 Å². The van der Waals surface area contributed by atoms with E-state index in [4.69, 9.17) is 5.11 Å². The molecule has 14 nitrogen and oxygen atoms in total.